The molecule has 0 aliphatic carbocycles. The van der Waals surface area contributed by atoms with Crippen LogP contribution in [0.3, 0.4) is 0 Å². The number of phenolic OH excluding ortho intramolecular Hbond substituents is 6. The average Bonchev–Trinajstić information content (AvgIpc) is 2.49. The summed E-state index contributed by atoms with van der Waals surface area (Å²) in [6, 6.07) is 4.50. The van der Waals surface area contributed by atoms with Crippen LogP contribution >= 0.6 is 0 Å². The fraction of sp³-hybridized carbons (Fsp3) is 0.133. The molecule has 0 unspecified atom stereocenters. The van der Waals surface area contributed by atoms with Crippen LogP contribution in [0.25, 0.3) is 0 Å². The van der Waals surface area contributed by atoms with E-state index in [0.717, 1.165) is 12.1 Å². The van der Waals surface area contributed by atoms with Gasteiger partial charge < -0.3 is 36.0 Å². The Kier molecular flexibility index (Phi) is 4.35. The number of benzene rings is 2. The highest BCUT2D eigenvalue weighted by Crippen LogP contribution is 2.36. The minimum absolute atomic E-state index is 0.0470. The lowest BCUT2D eigenvalue weighted by molar-refractivity contribution is 0.0953. The first kappa shape index (κ1) is 16.1. The summed E-state index contributed by atoms with van der Waals surface area (Å²) in [6.45, 7) is 0.130. The lowest BCUT2D eigenvalue weighted by atomic mass is 10.1. The molecule has 0 radical (unpaired) electrons. The first-order valence-corrected chi connectivity index (χ1v) is 6.56. The highest BCUT2D eigenvalue weighted by molar-refractivity contribution is 5.95. The van der Waals surface area contributed by atoms with Crippen molar-refractivity contribution in [2.45, 2.75) is 6.42 Å². The third-order valence-electron chi connectivity index (χ3n) is 3.16. The molecule has 0 aliphatic heterocycles. The van der Waals surface area contributed by atoms with E-state index in [-0.39, 0.29) is 18.5 Å². The molecule has 1 amide bonds. The normalized spacial score (nSPS) is 10.4. The summed E-state index contributed by atoms with van der Waals surface area (Å²) >= 11 is 0. The smallest absolute Gasteiger partial charge is 0.251 e. The van der Waals surface area contributed by atoms with Gasteiger partial charge in [-0.25, -0.2) is 0 Å². The van der Waals surface area contributed by atoms with Crippen LogP contribution in [0, 0.1) is 0 Å². The van der Waals surface area contributed by atoms with Gasteiger partial charge in [0.25, 0.3) is 5.91 Å². The van der Waals surface area contributed by atoms with Gasteiger partial charge in [0.05, 0.1) is 0 Å². The lowest BCUT2D eigenvalue weighted by Crippen LogP contribution is -2.25. The Morgan fingerprint density at radius 2 is 1.22 bits per heavy atom. The average molecular weight is 321 g/mol. The number of hydrogen-bond donors (Lipinski definition) is 7. The first-order valence-electron chi connectivity index (χ1n) is 6.56. The molecule has 0 spiro atoms. The second-order valence-electron chi connectivity index (χ2n) is 4.85. The molecule has 0 fully saturated rings. The van der Waals surface area contributed by atoms with Crippen LogP contribution in [0.5, 0.6) is 34.5 Å². The molecule has 2 aromatic carbocycles. The van der Waals surface area contributed by atoms with Crippen molar-refractivity contribution in [1.82, 2.24) is 5.32 Å². The summed E-state index contributed by atoms with van der Waals surface area (Å²) in [5.41, 5.74) is 0.434. The van der Waals surface area contributed by atoms with Crippen LogP contribution < -0.4 is 5.32 Å². The molecule has 0 aliphatic rings. The van der Waals surface area contributed by atoms with Crippen LogP contribution in [-0.2, 0) is 6.42 Å². The van der Waals surface area contributed by atoms with Crippen molar-refractivity contribution in [2.75, 3.05) is 6.54 Å². The van der Waals surface area contributed by atoms with E-state index in [2.05, 4.69) is 5.32 Å². The van der Waals surface area contributed by atoms with Crippen LogP contribution in [0.4, 0.5) is 0 Å². The van der Waals surface area contributed by atoms with Crippen molar-refractivity contribution >= 4 is 5.91 Å². The number of aromatic hydroxyl groups is 6. The quantitative estimate of drug-likeness (QED) is 0.413. The first-order chi connectivity index (χ1) is 10.8. The predicted octanol–water partition coefficient (Wildman–Crippen LogP) is 0.893. The number of hydrogen-bond acceptors (Lipinski definition) is 7. The number of carbonyl (C=O) groups excluding carboxylic acids is 1. The monoisotopic (exact) mass is 321 g/mol. The van der Waals surface area contributed by atoms with Gasteiger partial charge in [0.15, 0.2) is 34.5 Å². The summed E-state index contributed by atoms with van der Waals surface area (Å²) in [6.07, 6.45) is 0.253. The molecule has 0 bridgehead atoms. The summed E-state index contributed by atoms with van der Waals surface area (Å²) in [7, 11) is 0. The van der Waals surface area contributed by atoms with Crippen molar-refractivity contribution < 1.29 is 35.4 Å². The maximum Gasteiger partial charge on any atom is 0.251 e. The van der Waals surface area contributed by atoms with Crippen LogP contribution in [0.2, 0.25) is 0 Å². The molecule has 8 heteroatoms. The molecule has 23 heavy (non-hydrogen) atoms. The minimum Gasteiger partial charge on any atom is -0.504 e. The summed E-state index contributed by atoms with van der Waals surface area (Å²) < 4.78 is 0. The highest BCUT2D eigenvalue weighted by atomic mass is 16.3. The van der Waals surface area contributed by atoms with Crippen molar-refractivity contribution in [2.24, 2.45) is 0 Å². The lowest BCUT2D eigenvalue weighted by Gasteiger charge is -2.09. The van der Waals surface area contributed by atoms with E-state index in [0.29, 0.717) is 5.56 Å². The predicted molar refractivity (Wildman–Crippen MR) is 78.9 cm³/mol. The fourth-order valence-corrected chi connectivity index (χ4v) is 1.96. The molecule has 2 aromatic rings. The number of amides is 1. The number of nitrogens with one attached hydrogen (secondary N) is 1. The largest absolute Gasteiger partial charge is 0.504 e. The van der Waals surface area contributed by atoms with Gasteiger partial charge in [0, 0.05) is 12.1 Å². The Hall–Kier alpha value is -3.29. The van der Waals surface area contributed by atoms with Crippen molar-refractivity contribution in [3.8, 4) is 34.5 Å². The Bertz CT molecular complexity index is 711. The topological polar surface area (TPSA) is 150 Å². The molecule has 0 saturated heterocycles. The molecule has 7 N–H and O–H groups in total. The summed E-state index contributed by atoms with van der Waals surface area (Å²) in [4.78, 5) is 11.9. The third-order valence-corrected chi connectivity index (χ3v) is 3.16. The van der Waals surface area contributed by atoms with Gasteiger partial charge in [-0.2, -0.15) is 0 Å². The Morgan fingerprint density at radius 1 is 0.783 bits per heavy atom. The van der Waals surface area contributed by atoms with Gasteiger partial charge in [0.2, 0.25) is 0 Å². The fourth-order valence-electron chi connectivity index (χ4n) is 1.96. The highest BCUT2D eigenvalue weighted by Gasteiger charge is 2.13. The van der Waals surface area contributed by atoms with E-state index in [1.807, 2.05) is 0 Å². The number of rotatable bonds is 4. The molecular formula is C15H15NO7. The van der Waals surface area contributed by atoms with Gasteiger partial charge in [-0.15, -0.1) is 0 Å². The molecule has 0 saturated carbocycles. The molecular weight excluding hydrogens is 306 g/mol. The van der Waals surface area contributed by atoms with E-state index in [1.54, 1.807) is 0 Å². The van der Waals surface area contributed by atoms with Gasteiger partial charge in [0.1, 0.15) is 0 Å². The maximum atomic E-state index is 11.9. The van der Waals surface area contributed by atoms with E-state index in [9.17, 15) is 35.4 Å². The van der Waals surface area contributed by atoms with Gasteiger partial charge >= 0.3 is 0 Å². The standard InChI is InChI=1S/C15H15NO7/c17-9-3-7(4-10(18)13(9)21)1-2-16-15(23)8-5-11(19)14(22)12(20)6-8/h3-6,17-22H,1-2H2,(H,16,23). The van der Waals surface area contributed by atoms with Gasteiger partial charge in [-0.05, 0) is 36.2 Å². The molecule has 2 rings (SSSR count). The summed E-state index contributed by atoms with van der Waals surface area (Å²) in [5.74, 6) is -4.11. The molecule has 8 nitrogen and oxygen atoms in total. The Balaban J connectivity index is 2.00. The van der Waals surface area contributed by atoms with Gasteiger partial charge in [-0.3, -0.25) is 4.79 Å². The SMILES string of the molecule is O=C(NCCc1cc(O)c(O)c(O)c1)c1cc(O)c(O)c(O)c1. The zero-order valence-corrected chi connectivity index (χ0v) is 11.8. The van der Waals surface area contributed by atoms with E-state index >= 15 is 0 Å². The molecule has 0 heterocycles. The zero-order chi connectivity index (χ0) is 17.1. The maximum absolute atomic E-state index is 11.9. The van der Waals surface area contributed by atoms with E-state index in [1.165, 1.54) is 12.1 Å². The van der Waals surface area contributed by atoms with E-state index in [4.69, 9.17) is 0 Å². The van der Waals surface area contributed by atoms with E-state index < -0.39 is 40.4 Å². The zero-order valence-electron chi connectivity index (χ0n) is 11.8. The van der Waals surface area contributed by atoms with Crippen LogP contribution in [-0.4, -0.2) is 43.1 Å². The Labute approximate surface area is 130 Å². The molecule has 0 aromatic heterocycles. The second kappa shape index (κ2) is 6.22. The minimum atomic E-state index is -0.711. The molecule has 122 valence electrons. The van der Waals surface area contributed by atoms with Crippen molar-refractivity contribution in [1.29, 1.82) is 0 Å². The van der Waals surface area contributed by atoms with Gasteiger partial charge in [-0.1, -0.05) is 0 Å². The van der Waals surface area contributed by atoms with Crippen molar-refractivity contribution in [3.05, 3.63) is 35.4 Å². The molecule has 0 atom stereocenters. The summed E-state index contributed by atoms with van der Waals surface area (Å²) in [5, 5.41) is 58.4. The second-order valence-corrected chi connectivity index (χ2v) is 4.85. The third kappa shape index (κ3) is 3.49. The number of carbonyl (C=O) groups is 1. The Morgan fingerprint density at radius 3 is 1.70 bits per heavy atom. The van der Waals surface area contributed by atoms with Crippen LogP contribution in [0.1, 0.15) is 15.9 Å². The van der Waals surface area contributed by atoms with Crippen molar-refractivity contribution in [3.63, 3.8) is 0 Å². The van der Waals surface area contributed by atoms with Crippen LogP contribution in [0.15, 0.2) is 24.3 Å². The number of phenols is 6.